The van der Waals surface area contributed by atoms with E-state index in [0.717, 1.165) is 6.42 Å². The first-order chi connectivity index (χ1) is 9.17. The van der Waals surface area contributed by atoms with E-state index in [2.05, 4.69) is 26.1 Å². The van der Waals surface area contributed by atoms with E-state index >= 15 is 0 Å². The van der Waals surface area contributed by atoms with Crippen LogP contribution in [-0.4, -0.2) is 16.9 Å². The van der Waals surface area contributed by atoms with Gasteiger partial charge < -0.3 is 11.1 Å². The van der Waals surface area contributed by atoms with E-state index in [4.69, 9.17) is 5.73 Å². The second-order valence-corrected chi connectivity index (χ2v) is 6.08. The van der Waals surface area contributed by atoms with Gasteiger partial charge >= 0.3 is 0 Å². The number of nitrogens with two attached hydrogens (primary N) is 1. The summed E-state index contributed by atoms with van der Waals surface area (Å²) in [6.07, 6.45) is 0.926. The molecule has 1 amide bonds. The maximum Gasteiger partial charge on any atom is 0.271 e. The highest BCUT2D eigenvalue weighted by molar-refractivity contribution is 5.91. The molecule has 0 fully saturated rings. The van der Waals surface area contributed by atoms with Crippen LogP contribution in [0.4, 0.5) is 11.4 Å². The van der Waals surface area contributed by atoms with Gasteiger partial charge in [-0.1, -0.05) is 26.8 Å². The molecule has 0 heterocycles. The third-order valence-corrected chi connectivity index (χ3v) is 2.66. The molecule has 0 spiro atoms. The van der Waals surface area contributed by atoms with Gasteiger partial charge in [0.05, 0.1) is 4.92 Å². The fourth-order valence-corrected chi connectivity index (χ4v) is 2.01. The summed E-state index contributed by atoms with van der Waals surface area (Å²) in [6.45, 7) is 6.18. The molecule has 6 nitrogen and oxygen atoms in total. The van der Waals surface area contributed by atoms with E-state index in [-0.39, 0.29) is 29.5 Å². The molecule has 0 saturated heterocycles. The lowest BCUT2D eigenvalue weighted by molar-refractivity contribution is -0.384. The van der Waals surface area contributed by atoms with Crippen molar-refractivity contribution in [2.45, 2.75) is 39.7 Å². The molecule has 0 radical (unpaired) electrons. The van der Waals surface area contributed by atoms with Crippen LogP contribution in [0.5, 0.6) is 0 Å². The third kappa shape index (κ3) is 5.79. The van der Waals surface area contributed by atoms with Crippen molar-refractivity contribution in [1.29, 1.82) is 0 Å². The Kier molecular flexibility index (Phi) is 5.21. The topological polar surface area (TPSA) is 98.3 Å². The first kappa shape index (κ1) is 16.1. The van der Waals surface area contributed by atoms with Crippen molar-refractivity contribution in [3.63, 3.8) is 0 Å². The fraction of sp³-hybridized carbons (Fsp3) is 0.500. The summed E-state index contributed by atoms with van der Waals surface area (Å²) in [5.74, 6) is -0.234. The highest BCUT2D eigenvalue weighted by Crippen LogP contribution is 2.22. The van der Waals surface area contributed by atoms with E-state index in [1.807, 2.05) is 0 Å². The molecule has 1 rings (SSSR count). The molecular formula is C14H21N3O3. The van der Waals surface area contributed by atoms with Crippen LogP contribution in [0.25, 0.3) is 0 Å². The zero-order valence-electron chi connectivity index (χ0n) is 12.1. The largest absolute Gasteiger partial charge is 0.327 e. The van der Waals surface area contributed by atoms with Gasteiger partial charge in [-0.15, -0.1) is 0 Å². The van der Waals surface area contributed by atoms with E-state index in [1.165, 1.54) is 18.2 Å². The van der Waals surface area contributed by atoms with Crippen molar-refractivity contribution in [2.75, 3.05) is 5.32 Å². The lowest BCUT2D eigenvalue weighted by Crippen LogP contribution is -2.31. The van der Waals surface area contributed by atoms with E-state index < -0.39 is 4.92 Å². The normalized spacial score (nSPS) is 12.8. The van der Waals surface area contributed by atoms with Crippen molar-refractivity contribution in [3.8, 4) is 0 Å². The molecule has 0 aromatic heterocycles. The van der Waals surface area contributed by atoms with Crippen LogP contribution in [0.15, 0.2) is 24.3 Å². The highest BCUT2D eigenvalue weighted by Gasteiger charge is 2.18. The minimum absolute atomic E-state index is 0.0539. The number of hydrogen-bond donors (Lipinski definition) is 2. The number of nitro groups is 1. The van der Waals surface area contributed by atoms with Gasteiger partial charge in [0.25, 0.3) is 5.69 Å². The molecule has 6 heteroatoms. The molecule has 0 saturated carbocycles. The van der Waals surface area contributed by atoms with E-state index in [9.17, 15) is 14.9 Å². The minimum Gasteiger partial charge on any atom is -0.327 e. The Hall–Kier alpha value is -1.95. The predicted molar refractivity (Wildman–Crippen MR) is 78.4 cm³/mol. The van der Waals surface area contributed by atoms with Crippen LogP contribution in [0.3, 0.4) is 0 Å². The highest BCUT2D eigenvalue weighted by atomic mass is 16.6. The SMILES string of the molecule is CC(C)(C)CC(N)CC(=O)Nc1cccc([N+](=O)[O-])c1. The Morgan fingerprint density at radius 3 is 2.65 bits per heavy atom. The summed E-state index contributed by atoms with van der Waals surface area (Å²) >= 11 is 0. The summed E-state index contributed by atoms with van der Waals surface area (Å²) in [4.78, 5) is 22.0. The average molecular weight is 279 g/mol. The first-order valence-corrected chi connectivity index (χ1v) is 6.47. The molecule has 1 atom stereocenters. The minimum atomic E-state index is -0.499. The van der Waals surface area contributed by atoms with Gasteiger partial charge in [-0.05, 0) is 17.9 Å². The number of anilines is 1. The lowest BCUT2D eigenvalue weighted by Gasteiger charge is -2.22. The fourth-order valence-electron chi connectivity index (χ4n) is 2.01. The van der Waals surface area contributed by atoms with Crippen molar-refractivity contribution in [3.05, 3.63) is 34.4 Å². The number of rotatable bonds is 5. The van der Waals surface area contributed by atoms with E-state index in [1.54, 1.807) is 6.07 Å². The van der Waals surface area contributed by atoms with Crippen molar-refractivity contribution in [2.24, 2.45) is 11.1 Å². The molecule has 0 bridgehead atoms. The second kappa shape index (κ2) is 6.47. The zero-order chi connectivity index (χ0) is 15.3. The Morgan fingerprint density at radius 1 is 1.45 bits per heavy atom. The number of nitro benzene ring substituents is 1. The molecule has 1 aromatic rings. The molecule has 110 valence electrons. The van der Waals surface area contributed by atoms with Crippen molar-refractivity contribution >= 4 is 17.3 Å². The maximum atomic E-state index is 11.8. The van der Waals surface area contributed by atoms with Gasteiger partial charge in [-0.25, -0.2) is 0 Å². The zero-order valence-corrected chi connectivity index (χ0v) is 12.1. The summed E-state index contributed by atoms with van der Waals surface area (Å²) in [7, 11) is 0. The Labute approximate surface area is 118 Å². The van der Waals surface area contributed by atoms with Crippen molar-refractivity contribution < 1.29 is 9.72 Å². The number of hydrogen-bond acceptors (Lipinski definition) is 4. The molecule has 0 aliphatic carbocycles. The van der Waals surface area contributed by atoms with Crippen LogP contribution in [0, 0.1) is 15.5 Å². The summed E-state index contributed by atoms with van der Waals surface area (Å²) in [5.41, 5.74) is 6.34. The Morgan fingerprint density at radius 2 is 2.10 bits per heavy atom. The Balaban J connectivity index is 2.58. The number of amides is 1. The van der Waals surface area contributed by atoms with Crippen LogP contribution >= 0.6 is 0 Å². The summed E-state index contributed by atoms with van der Waals surface area (Å²) in [5, 5.41) is 13.3. The molecule has 0 aliphatic heterocycles. The average Bonchev–Trinajstić information content (AvgIpc) is 2.25. The summed E-state index contributed by atoms with van der Waals surface area (Å²) in [6, 6.07) is 5.62. The standard InChI is InChI=1S/C14H21N3O3/c1-14(2,3)9-10(15)7-13(18)16-11-5-4-6-12(8-11)17(19)20/h4-6,8,10H,7,9,15H2,1-3H3,(H,16,18). The first-order valence-electron chi connectivity index (χ1n) is 6.47. The predicted octanol–water partition coefficient (Wildman–Crippen LogP) is 2.69. The molecule has 0 aliphatic rings. The Bertz CT molecular complexity index is 495. The van der Waals surface area contributed by atoms with Crippen molar-refractivity contribution in [1.82, 2.24) is 0 Å². The number of carbonyl (C=O) groups is 1. The number of nitrogens with zero attached hydrogens (tertiary/aromatic N) is 1. The van der Waals surface area contributed by atoms with Gasteiger partial charge in [-0.3, -0.25) is 14.9 Å². The molecule has 1 aromatic carbocycles. The van der Waals surface area contributed by atoms with Gasteiger partial charge in [0.2, 0.25) is 5.91 Å². The van der Waals surface area contributed by atoms with Crippen LogP contribution < -0.4 is 11.1 Å². The molecule has 3 N–H and O–H groups in total. The van der Waals surface area contributed by atoms with Crippen LogP contribution in [0.1, 0.15) is 33.6 Å². The van der Waals surface area contributed by atoms with E-state index in [0.29, 0.717) is 5.69 Å². The van der Waals surface area contributed by atoms with Gasteiger partial charge in [0.15, 0.2) is 0 Å². The quantitative estimate of drug-likeness (QED) is 0.639. The number of non-ortho nitro benzene ring substituents is 1. The lowest BCUT2D eigenvalue weighted by atomic mass is 9.87. The second-order valence-electron chi connectivity index (χ2n) is 6.08. The monoisotopic (exact) mass is 279 g/mol. The number of carbonyl (C=O) groups excluding carboxylic acids is 1. The third-order valence-electron chi connectivity index (χ3n) is 2.66. The molecular weight excluding hydrogens is 258 g/mol. The van der Waals surface area contributed by atoms with Gasteiger partial charge in [0.1, 0.15) is 0 Å². The number of nitrogens with one attached hydrogen (secondary N) is 1. The smallest absolute Gasteiger partial charge is 0.271 e. The maximum absolute atomic E-state index is 11.8. The van der Waals surface area contributed by atoms with Crippen LogP contribution in [0.2, 0.25) is 0 Å². The number of benzene rings is 1. The van der Waals surface area contributed by atoms with Crippen LogP contribution in [-0.2, 0) is 4.79 Å². The molecule has 20 heavy (non-hydrogen) atoms. The van der Waals surface area contributed by atoms with Gasteiger partial charge in [-0.2, -0.15) is 0 Å². The summed E-state index contributed by atoms with van der Waals surface area (Å²) < 4.78 is 0. The molecule has 1 unspecified atom stereocenters. The van der Waals surface area contributed by atoms with Gasteiger partial charge in [0, 0.05) is 30.3 Å².